The van der Waals surface area contributed by atoms with Crippen LogP contribution in [0.5, 0.6) is 11.5 Å². The van der Waals surface area contributed by atoms with Crippen LogP contribution in [-0.2, 0) is 14.3 Å². The molecule has 0 heterocycles. The number of esters is 1. The van der Waals surface area contributed by atoms with Crippen LogP contribution < -0.4 is 20.1 Å². The number of hydrogen-bond acceptors (Lipinski definition) is 6. The Hall–Kier alpha value is -3.03. The molecular weight excluding hydrogens is 364 g/mol. The second kappa shape index (κ2) is 11.0. The third-order valence-corrected chi connectivity index (χ3v) is 3.96. The monoisotopic (exact) mass is 390 g/mol. The molecule has 0 bridgehead atoms. The van der Waals surface area contributed by atoms with Gasteiger partial charge in [0.2, 0.25) is 0 Å². The molecule has 0 aliphatic heterocycles. The highest BCUT2D eigenvalue weighted by molar-refractivity contribution is 6.02. The van der Waals surface area contributed by atoms with Crippen LogP contribution in [0, 0.1) is 5.92 Å². The predicted octanol–water partition coefficient (Wildman–Crippen LogP) is 3.03. The molecule has 1 atom stereocenters. The molecule has 152 valence electrons. The number of allylic oxidation sites excluding steroid dienone is 2. The Balaban J connectivity index is 1.78. The zero-order chi connectivity index (χ0) is 20.4. The van der Waals surface area contributed by atoms with Crippen LogP contribution in [0.25, 0.3) is 0 Å². The van der Waals surface area contributed by atoms with Gasteiger partial charge >= 0.3 is 12.0 Å². The van der Waals surface area contributed by atoms with Crippen LogP contribution in [0.2, 0.25) is 0 Å². The molecule has 1 aliphatic rings. The fraction of sp³-hybridized carbons (Fsp3) is 0.450. The number of urea groups is 1. The highest BCUT2D eigenvalue weighted by Crippen LogP contribution is 2.30. The van der Waals surface area contributed by atoms with Crippen LogP contribution in [0.15, 0.2) is 30.4 Å². The van der Waals surface area contributed by atoms with E-state index in [1.807, 2.05) is 26.0 Å². The molecule has 8 nitrogen and oxygen atoms in total. The molecule has 0 saturated heterocycles. The van der Waals surface area contributed by atoms with E-state index < -0.39 is 24.5 Å². The van der Waals surface area contributed by atoms with Crippen molar-refractivity contribution < 1.29 is 28.6 Å². The van der Waals surface area contributed by atoms with Gasteiger partial charge in [0.05, 0.1) is 19.6 Å². The van der Waals surface area contributed by atoms with Gasteiger partial charge in [-0.2, -0.15) is 0 Å². The van der Waals surface area contributed by atoms with E-state index in [0.29, 0.717) is 30.4 Å². The summed E-state index contributed by atoms with van der Waals surface area (Å²) in [6.07, 6.45) is 6.10. The van der Waals surface area contributed by atoms with E-state index in [0.717, 1.165) is 12.8 Å². The van der Waals surface area contributed by atoms with Crippen molar-refractivity contribution >= 4 is 23.6 Å². The molecule has 0 spiro atoms. The molecule has 3 amide bonds. The van der Waals surface area contributed by atoms with Crippen molar-refractivity contribution in [2.75, 3.05) is 25.1 Å². The van der Waals surface area contributed by atoms with Gasteiger partial charge in [0, 0.05) is 11.8 Å². The van der Waals surface area contributed by atoms with Crippen molar-refractivity contribution in [1.82, 2.24) is 5.32 Å². The van der Waals surface area contributed by atoms with Crippen LogP contribution in [0.4, 0.5) is 10.5 Å². The minimum Gasteiger partial charge on any atom is -0.490 e. The number of rotatable bonds is 9. The Kier molecular flexibility index (Phi) is 8.33. The van der Waals surface area contributed by atoms with Crippen molar-refractivity contribution in [3.8, 4) is 11.5 Å². The van der Waals surface area contributed by atoms with E-state index in [4.69, 9.17) is 14.2 Å². The molecular formula is C20H26N2O6. The molecule has 1 aliphatic carbocycles. The lowest BCUT2D eigenvalue weighted by Crippen LogP contribution is -2.37. The van der Waals surface area contributed by atoms with Crippen LogP contribution in [0.1, 0.15) is 33.1 Å². The van der Waals surface area contributed by atoms with Crippen molar-refractivity contribution in [3.63, 3.8) is 0 Å². The van der Waals surface area contributed by atoms with Gasteiger partial charge < -0.3 is 19.5 Å². The summed E-state index contributed by atoms with van der Waals surface area (Å²) in [6, 6.07) is 4.18. The van der Waals surface area contributed by atoms with Gasteiger partial charge in [-0.1, -0.05) is 12.2 Å². The second-order valence-corrected chi connectivity index (χ2v) is 6.16. The zero-order valence-corrected chi connectivity index (χ0v) is 16.2. The summed E-state index contributed by atoms with van der Waals surface area (Å²) in [5, 5.41) is 4.65. The fourth-order valence-electron chi connectivity index (χ4n) is 2.74. The van der Waals surface area contributed by atoms with Gasteiger partial charge in [-0.05, 0) is 44.7 Å². The van der Waals surface area contributed by atoms with E-state index in [1.54, 1.807) is 18.2 Å². The van der Waals surface area contributed by atoms with Crippen LogP contribution >= 0.6 is 0 Å². The summed E-state index contributed by atoms with van der Waals surface area (Å²) in [7, 11) is 0. The first-order valence-corrected chi connectivity index (χ1v) is 9.34. The number of carbonyl (C=O) groups excluding carboxylic acids is 3. The van der Waals surface area contributed by atoms with Crippen molar-refractivity contribution in [2.45, 2.75) is 33.1 Å². The van der Waals surface area contributed by atoms with E-state index in [-0.39, 0.29) is 12.3 Å². The molecule has 0 unspecified atom stereocenters. The molecule has 0 radical (unpaired) electrons. The SMILES string of the molecule is CCOc1ccc(NC(=O)NC(=O)COC(=O)C[C@H]2C=CCC2)cc1OCC. The third-order valence-electron chi connectivity index (χ3n) is 3.96. The number of imide groups is 1. The topological polar surface area (TPSA) is 103 Å². The molecule has 0 aromatic heterocycles. The molecule has 0 saturated carbocycles. The molecule has 2 rings (SSSR count). The maximum absolute atomic E-state index is 12.0. The lowest BCUT2D eigenvalue weighted by molar-refractivity contribution is -0.148. The Morgan fingerprint density at radius 2 is 1.86 bits per heavy atom. The molecule has 1 aromatic rings. The Morgan fingerprint density at radius 3 is 2.54 bits per heavy atom. The third kappa shape index (κ3) is 6.94. The Bertz CT molecular complexity index is 731. The Labute approximate surface area is 164 Å². The van der Waals surface area contributed by atoms with Crippen molar-refractivity contribution in [1.29, 1.82) is 0 Å². The fourth-order valence-corrected chi connectivity index (χ4v) is 2.74. The number of benzene rings is 1. The largest absolute Gasteiger partial charge is 0.490 e. The summed E-state index contributed by atoms with van der Waals surface area (Å²) >= 11 is 0. The molecule has 2 N–H and O–H groups in total. The maximum Gasteiger partial charge on any atom is 0.325 e. The standard InChI is InChI=1S/C20H26N2O6/c1-3-26-16-10-9-15(12-17(16)27-4-2)21-20(25)22-18(23)13-28-19(24)11-14-7-5-6-8-14/h5,7,9-10,12,14H,3-4,6,8,11,13H2,1-2H3,(H2,21,22,23,25)/t14-/m0/s1. The molecule has 1 aromatic carbocycles. The highest BCUT2D eigenvalue weighted by Gasteiger charge is 2.17. The van der Waals surface area contributed by atoms with Crippen LogP contribution in [-0.4, -0.2) is 37.7 Å². The van der Waals surface area contributed by atoms with Gasteiger partial charge in [0.1, 0.15) is 0 Å². The number of ether oxygens (including phenoxy) is 3. The number of amides is 3. The van der Waals surface area contributed by atoms with Gasteiger partial charge in [-0.15, -0.1) is 0 Å². The first-order chi connectivity index (χ1) is 13.5. The number of anilines is 1. The van der Waals surface area contributed by atoms with E-state index in [2.05, 4.69) is 10.6 Å². The van der Waals surface area contributed by atoms with Crippen molar-refractivity contribution in [3.05, 3.63) is 30.4 Å². The number of nitrogens with one attached hydrogen (secondary N) is 2. The summed E-state index contributed by atoms with van der Waals surface area (Å²) in [5.74, 6) is 0.0561. The van der Waals surface area contributed by atoms with Gasteiger partial charge in [0.15, 0.2) is 18.1 Å². The summed E-state index contributed by atoms with van der Waals surface area (Å²) in [5.41, 5.74) is 0.433. The first-order valence-electron chi connectivity index (χ1n) is 9.34. The number of hydrogen-bond donors (Lipinski definition) is 2. The molecule has 28 heavy (non-hydrogen) atoms. The van der Waals surface area contributed by atoms with Crippen LogP contribution in [0.3, 0.4) is 0 Å². The number of carbonyl (C=O) groups is 3. The minimum absolute atomic E-state index is 0.165. The first kappa shape index (κ1) is 21.3. The van der Waals surface area contributed by atoms with Gasteiger partial charge in [0.25, 0.3) is 5.91 Å². The average Bonchev–Trinajstić information content (AvgIpc) is 3.15. The quantitative estimate of drug-likeness (QED) is 0.496. The van der Waals surface area contributed by atoms with Crippen molar-refractivity contribution in [2.24, 2.45) is 5.92 Å². The summed E-state index contributed by atoms with van der Waals surface area (Å²) in [6.45, 7) is 4.12. The normalized spacial score (nSPS) is 15.0. The summed E-state index contributed by atoms with van der Waals surface area (Å²) in [4.78, 5) is 35.4. The highest BCUT2D eigenvalue weighted by atomic mass is 16.5. The summed E-state index contributed by atoms with van der Waals surface area (Å²) < 4.78 is 15.9. The molecule has 0 fully saturated rings. The van der Waals surface area contributed by atoms with Gasteiger partial charge in [-0.3, -0.25) is 14.9 Å². The van der Waals surface area contributed by atoms with E-state index >= 15 is 0 Å². The minimum atomic E-state index is -0.730. The van der Waals surface area contributed by atoms with E-state index in [9.17, 15) is 14.4 Å². The van der Waals surface area contributed by atoms with Gasteiger partial charge in [-0.25, -0.2) is 4.79 Å². The smallest absolute Gasteiger partial charge is 0.325 e. The predicted molar refractivity (Wildman–Crippen MR) is 103 cm³/mol. The average molecular weight is 390 g/mol. The lowest BCUT2D eigenvalue weighted by Gasteiger charge is -2.13. The Morgan fingerprint density at radius 1 is 1.11 bits per heavy atom. The second-order valence-electron chi connectivity index (χ2n) is 6.16. The van der Waals surface area contributed by atoms with E-state index in [1.165, 1.54) is 0 Å². The lowest BCUT2D eigenvalue weighted by atomic mass is 10.1. The molecule has 8 heteroatoms. The zero-order valence-electron chi connectivity index (χ0n) is 16.2. The maximum atomic E-state index is 12.0.